The molecule has 49 heavy (non-hydrogen) atoms. The molecule has 0 spiro atoms. The Balaban J connectivity index is 4.03. The average molecular weight is 689 g/mol. The first-order chi connectivity index (χ1) is 24.1. The van der Waals surface area contributed by atoms with Gasteiger partial charge in [-0.25, -0.2) is 0 Å². The van der Waals surface area contributed by atoms with E-state index < -0.39 is 5.97 Å². The number of carboxylic acids is 1. The van der Waals surface area contributed by atoms with Crippen LogP contribution in [-0.2, 0) is 14.3 Å². The van der Waals surface area contributed by atoms with Gasteiger partial charge in [-0.2, -0.15) is 0 Å². The van der Waals surface area contributed by atoms with Crippen molar-refractivity contribution < 1.29 is 19.4 Å². The Kier molecular flexibility index (Phi) is 39.5. The Morgan fingerprint density at radius 1 is 0.449 bits per heavy atom. The van der Waals surface area contributed by atoms with Crippen LogP contribution < -0.4 is 0 Å². The lowest BCUT2D eigenvalue weighted by atomic mass is 10.0. The van der Waals surface area contributed by atoms with E-state index in [0.717, 1.165) is 77.0 Å². The maximum Gasteiger partial charge on any atom is 0.306 e. The fraction of sp³-hybridized carbons (Fsp3) is 0.867. The smallest absolute Gasteiger partial charge is 0.306 e. The molecule has 0 aromatic carbocycles. The Bertz CT molecular complexity index is 742. The monoisotopic (exact) mass is 689 g/mol. The number of carbonyl (C=O) groups excluding carboxylic acids is 1. The van der Waals surface area contributed by atoms with E-state index in [1.807, 2.05) is 0 Å². The van der Waals surface area contributed by atoms with Crippen molar-refractivity contribution in [2.45, 2.75) is 251 Å². The number of hydrogen-bond acceptors (Lipinski definition) is 3. The molecule has 0 aliphatic carbocycles. The van der Waals surface area contributed by atoms with Crippen LogP contribution in [0.2, 0.25) is 0 Å². The van der Waals surface area contributed by atoms with Crippen LogP contribution in [0.3, 0.4) is 0 Å². The van der Waals surface area contributed by atoms with E-state index in [2.05, 4.69) is 38.2 Å². The zero-order chi connectivity index (χ0) is 35.7. The summed E-state index contributed by atoms with van der Waals surface area (Å²) in [5, 5.41) is 8.84. The van der Waals surface area contributed by atoms with E-state index in [4.69, 9.17) is 9.84 Å². The summed E-state index contributed by atoms with van der Waals surface area (Å²) in [4.78, 5) is 23.4. The molecule has 1 N–H and O–H groups in total. The van der Waals surface area contributed by atoms with Crippen LogP contribution in [0.25, 0.3) is 0 Å². The molecule has 1 unspecified atom stereocenters. The molecular weight excluding hydrogens is 604 g/mol. The van der Waals surface area contributed by atoms with Gasteiger partial charge >= 0.3 is 11.9 Å². The SMILES string of the molecule is CCCCCC/C=C\C/C=C\CCCCCCCC(=O)OC(CCCCCCCCCCCCCCCCC)CCCCCCCC(=O)O. The minimum atomic E-state index is -0.699. The number of carboxylic acid groups (broad SMARTS) is 1. The van der Waals surface area contributed by atoms with Crippen molar-refractivity contribution >= 4 is 11.9 Å². The third-order valence-corrected chi connectivity index (χ3v) is 9.93. The normalized spacial score (nSPS) is 12.4. The number of aliphatic carboxylic acids is 1. The summed E-state index contributed by atoms with van der Waals surface area (Å²) in [5.74, 6) is -0.705. The molecule has 0 rings (SSSR count). The molecule has 4 heteroatoms. The second kappa shape index (κ2) is 40.8. The van der Waals surface area contributed by atoms with Gasteiger partial charge in [0.15, 0.2) is 0 Å². The van der Waals surface area contributed by atoms with Crippen LogP contribution in [0.1, 0.15) is 245 Å². The van der Waals surface area contributed by atoms with Crippen LogP contribution in [0.15, 0.2) is 24.3 Å². The molecule has 288 valence electrons. The van der Waals surface area contributed by atoms with E-state index in [-0.39, 0.29) is 18.5 Å². The van der Waals surface area contributed by atoms with Gasteiger partial charge < -0.3 is 9.84 Å². The number of hydrogen-bond donors (Lipinski definition) is 1. The molecule has 0 fully saturated rings. The third kappa shape index (κ3) is 40.7. The summed E-state index contributed by atoms with van der Waals surface area (Å²) in [6.07, 6.45) is 52.0. The van der Waals surface area contributed by atoms with Crippen LogP contribution in [0.4, 0.5) is 0 Å². The van der Waals surface area contributed by atoms with Gasteiger partial charge in [0.2, 0.25) is 0 Å². The number of unbranched alkanes of at least 4 members (excludes halogenated alkanes) is 27. The molecule has 0 bridgehead atoms. The van der Waals surface area contributed by atoms with Crippen molar-refractivity contribution in [1.82, 2.24) is 0 Å². The lowest BCUT2D eigenvalue weighted by Crippen LogP contribution is -2.18. The second-order valence-electron chi connectivity index (χ2n) is 14.9. The summed E-state index contributed by atoms with van der Waals surface area (Å²) < 4.78 is 6.02. The fourth-order valence-electron chi connectivity index (χ4n) is 6.69. The predicted octanol–water partition coefficient (Wildman–Crippen LogP) is 15.2. The van der Waals surface area contributed by atoms with Gasteiger partial charge in [0.25, 0.3) is 0 Å². The Morgan fingerprint density at radius 3 is 1.22 bits per heavy atom. The summed E-state index contributed by atoms with van der Waals surface area (Å²) >= 11 is 0. The first-order valence-corrected chi connectivity index (χ1v) is 21.8. The molecule has 4 nitrogen and oxygen atoms in total. The Morgan fingerprint density at radius 2 is 0.796 bits per heavy atom. The summed E-state index contributed by atoms with van der Waals surface area (Å²) in [6.45, 7) is 4.55. The van der Waals surface area contributed by atoms with Gasteiger partial charge in [-0.15, -0.1) is 0 Å². The zero-order valence-corrected chi connectivity index (χ0v) is 33.0. The average Bonchev–Trinajstić information content (AvgIpc) is 3.09. The first-order valence-electron chi connectivity index (χ1n) is 21.8. The van der Waals surface area contributed by atoms with E-state index >= 15 is 0 Å². The molecule has 0 aliphatic rings. The highest BCUT2D eigenvalue weighted by Gasteiger charge is 2.14. The van der Waals surface area contributed by atoms with Crippen molar-refractivity contribution in [2.75, 3.05) is 0 Å². The zero-order valence-electron chi connectivity index (χ0n) is 33.0. The number of rotatable bonds is 40. The van der Waals surface area contributed by atoms with Gasteiger partial charge in [-0.1, -0.05) is 186 Å². The highest BCUT2D eigenvalue weighted by atomic mass is 16.5. The van der Waals surface area contributed by atoms with Crippen LogP contribution >= 0.6 is 0 Å². The van der Waals surface area contributed by atoms with Gasteiger partial charge in [0.1, 0.15) is 6.10 Å². The van der Waals surface area contributed by atoms with E-state index in [9.17, 15) is 9.59 Å². The summed E-state index contributed by atoms with van der Waals surface area (Å²) in [6, 6.07) is 0. The van der Waals surface area contributed by atoms with Crippen LogP contribution in [-0.4, -0.2) is 23.1 Å². The van der Waals surface area contributed by atoms with Gasteiger partial charge in [-0.05, 0) is 70.6 Å². The van der Waals surface area contributed by atoms with Gasteiger partial charge in [0, 0.05) is 12.8 Å². The van der Waals surface area contributed by atoms with E-state index in [1.54, 1.807) is 0 Å². The number of carbonyl (C=O) groups is 2. The van der Waals surface area contributed by atoms with Crippen molar-refractivity contribution in [3.63, 3.8) is 0 Å². The quantitative estimate of drug-likeness (QED) is 0.0395. The standard InChI is InChI=1S/C45H84O4/c1-3-5-7-9-11-13-15-17-19-21-23-25-27-29-34-38-42-45(48)49-43(40-36-32-30-33-37-41-44(46)47)39-35-31-28-26-24-22-20-18-16-14-12-10-8-6-4-2/h13,15,19,21,43H,3-12,14,16-18,20,22-42H2,1-2H3,(H,46,47)/b15-13-,21-19-. The van der Waals surface area contributed by atoms with E-state index in [0.29, 0.717) is 6.42 Å². The van der Waals surface area contributed by atoms with Crippen LogP contribution in [0.5, 0.6) is 0 Å². The maximum absolute atomic E-state index is 12.7. The van der Waals surface area contributed by atoms with Gasteiger partial charge in [0.05, 0.1) is 0 Å². The maximum atomic E-state index is 12.7. The summed E-state index contributed by atoms with van der Waals surface area (Å²) in [5.41, 5.74) is 0. The minimum Gasteiger partial charge on any atom is -0.481 e. The minimum absolute atomic E-state index is 0.00577. The molecule has 0 aliphatic heterocycles. The largest absolute Gasteiger partial charge is 0.481 e. The Hall–Kier alpha value is -1.58. The molecule has 0 aromatic rings. The number of allylic oxidation sites excluding steroid dienone is 4. The van der Waals surface area contributed by atoms with E-state index in [1.165, 1.54) is 141 Å². The van der Waals surface area contributed by atoms with Crippen molar-refractivity contribution in [1.29, 1.82) is 0 Å². The third-order valence-electron chi connectivity index (χ3n) is 9.93. The highest BCUT2D eigenvalue weighted by molar-refractivity contribution is 5.69. The molecule has 1 atom stereocenters. The second-order valence-corrected chi connectivity index (χ2v) is 14.9. The molecular formula is C45H84O4. The molecule has 0 radical (unpaired) electrons. The molecule has 0 saturated carbocycles. The highest BCUT2D eigenvalue weighted by Crippen LogP contribution is 2.19. The predicted molar refractivity (Wildman–Crippen MR) is 213 cm³/mol. The topological polar surface area (TPSA) is 63.6 Å². The van der Waals surface area contributed by atoms with Crippen LogP contribution in [0, 0.1) is 0 Å². The number of esters is 1. The lowest BCUT2D eigenvalue weighted by molar-refractivity contribution is -0.150. The lowest BCUT2D eigenvalue weighted by Gasteiger charge is -2.18. The fourth-order valence-corrected chi connectivity index (χ4v) is 6.69. The Labute approximate surface area is 306 Å². The molecule has 0 heterocycles. The van der Waals surface area contributed by atoms with Crippen molar-refractivity contribution in [2.24, 2.45) is 0 Å². The number of ether oxygens (including phenoxy) is 1. The molecule has 0 amide bonds. The van der Waals surface area contributed by atoms with Gasteiger partial charge in [-0.3, -0.25) is 9.59 Å². The van der Waals surface area contributed by atoms with Crippen molar-refractivity contribution in [3.8, 4) is 0 Å². The first kappa shape index (κ1) is 47.4. The molecule has 0 aromatic heterocycles. The molecule has 0 saturated heterocycles. The summed E-state index contributed by atoms with van der Waals surface area (Å²) in [7, 11) is 0. The van der Waals surface area contributed by atoms with Crippen molar-refractivity contribution in [3.05, 3.63) is 24.3 Å².